The van der Waals surface area contributed by atoms with Gasteiger partial charge in [0, 0.05) is 5.69 Å². The van der Waals surface area contributed by atoms with Gasteiger partial charge in [-0.3, -0.25) is 0 Å². The zero-order valence-electron chi connectivity index (χ0n) is 10.5. The number of aliphatic hydroxyl groups is 1. The smallest absolute Gasteiger partial charge is 0.241 e. The largest absolute Gasteiger partial charge is 0.398 e. The zero-order valence-corrected chi connectivity index (χ0v) is 11.3. The second kappa shape index (κ2) is 4.22. The SMILES string of the molecule is Cc1ccc(N)c(C)c1S(=O)(=O)NC1(CO)CC1. The highest BCUT2D eigenvalue weighted by Crippen LogP contribution is 2.37. The third kappa shape index (κ3) is 2.23. The highest BCUT2D eigenvalue weighted by Gasteiger charge is 2.46. The van der Waals surface area contributed by atoms with Crippen LogP contribution < -0.4 is 10.5 Å². The predicted octanol–water partition coefficient (Wildman–Crippen LogP) is 0.689. The Balaban J connectivity index is 2.45. The van der Waals surface area contributed by atoms with Crippen LogP contribution in [-0.4, -0.2) is 25.7 Å². The molecule has 1 aromatic rings. The van der Waals surface area contributed by atoms with Crippen molar-refractivity contribution in [2.75, 3.05) is 12.3 Å². The van der Waals surface area contributed by atoms with Crippen LogP contribution >= 0.6 is 0 Å². The molecule has 0 aromatic heterocycles. The van der Waals surface area contributed by atoms with Crippen molar-refractivity contribution in [2.24, 2.45) is 0 Å². The minimum absolute atomic E-state index is 0.174. The van der Waals surface area contributed by atoms with Gasteiger partial charge in [0.25, 0.3) is 0 Å². The van der Waals surface area contributed by atoms with Crippen molar-refractivity contribution in [2.45, 2.75) is 37.1 Å². The molecule has 2 rings (SSSR count). The van der Waals surface area contributed by atoms with Crippen LogP contribution in [0.2, 0.25) is 0 Å². The van der Waals surface area contributed by atoms with E-state index >= 15 is 0 Å². The summed E-state index contributed by atoms with van der Waals surface area (Å²) >= 11 is 0. The number of sulfonamides is 1. The van der Waals surface area contributed by atoms with Crippen LogP contribution in [0.4, 0.5) is 5.69 Å². The Bertz CT molecular complexity index is 577. The number of hydrogen-bond donors (Lipinski definition) is 3. The van der Waals surface area contributed by atoms with E-state index in [1.54, 1.807) is 26.0 Å². The minimum Gasteiger partial charge on any atom is -0.398 e. The molecule has 100 valence electrons. The summed E-state index contributed by atoms with van der Waals surface area (Å²) in [5, 5.41) is 9.21. The summed E-state index contributed by atoms with van der Waals surface area (Å²) in [4.78, 5) is 0.224. The summed E-state index contributed by atoms with van der Waals surface area (Å²) in [6.07, 6.45) is 1.34. The van der Waals surface area contributed by atoms with E-state index in [9.17, 15) is 13.5 Å². The summed E-state index contributed by atoms with van der Waals surface area (Å²) in [6, 6.07) is 3.39. The number of nitrogens with two attached hydrogens (primary N) is 1. The number of benzene rings is 1. The van der Waals surface area contributed by atoms with Crippen molar-refractivity contribution in [3.05, 3.63) is 23.3 Å². The topological polar surface area (TPSA) is 92.4 Å². The molecule has 0 bridgehead atoms. The number of nitrogens with one attached hydrogen (secondary N) is 1. The molecule has 0 saturated heterocycles. The van der Waals surface area contributed by atoms with Gasteiger partial charge in [0.15, 0.2) is 0 Å². The Morgan fingerprint density at radius 3 is 2.50 bits per heavy atom. The Morgan fingerprint density at radius 2 is 2.00 bits per heavy atom. The number of nitrogen functional groups attached to an aromatic ring is 1. The van der Waals surface area contributed by atoms with Crippen LogP contribution in [0.25, 0.3) is 0 Å². The third-order valence-electron chi connectivity index (χ3n) is 3.42. The predicted molar refractivity (Wildman–Crippen MR) is 69.7 cm³/mol. The second-order valence-corrected chi connectivity index (χ2v) is 6.59. The first-order valence-corrected chi connectivity index (χ1v) is 7.30. The van der Waals surface area contributed by atoms with Crippen LogP contribution in [0, 0.1) is 13.8 Å². The van der Waals surface area contributed by atoms with Gasteiger partial charge in [-0.25, -0.2) is 13.1 Å². The first-order valence-electron chi connectivity index (χ1n) is 5.82. The number of hydrogen-bond acceptors (Lipinski definition) is 4. The monoisotopic (exact) mass is 270 g/mol. The fourth-order valence-corrected chi connectivity index (χ4v) is 3.99. The van der Waals surface area contributed by atoms with Crippen molar-refractivity contribution in [3.8, 4) is 0 Å². The van der Waals surface area contributed by atoms with Gasteiger partial charge in [0.05, 0.1) is 17.0 Å². The molecule has 0 aliphatic heterocycles. The van der Waals surface area contributed by atoms with Crippen LogP contribution in [0.1, 0.15) is 24.0 Å². The fourth-order valence-electron chi connectivity index (χ4n) is 2.04. The van der Waals surface area contributed by atoms with Gasteiger partial charge >= 0.3 is 0 Å². The Labute approximate surface area is 107 Å². The van der Waals surface area contributed by atoms with Crippen LogP contribution in [-0.2, 0) is 10.0 Å². The van der Waals surface area contributed by atoms with E-state index in [1.807, 2.05) is 0 Å². The van der Waals surface area contributed by atoms with E-state index in [0.717, 1.165) is 0 Å². The van der Waals surface area contributed by atoms with Gasteiger partial charge in [0.1, 0.15) is 0 Å². The van der Waals surface area contributed by atoms with Crippen LogP contribution in [0.3, 0.4) is 0 Å². The van der Waals surface area contributed by atoms with Gasteiger partial charge in [-0.05, 0) is 43.9 Å². The lowest BCUT2D eigenvalue weighted by molar-refractivity contribution is 0.246. The first kappa shape index (κ1) is 13.3. The molecule has 1 saturated carbocycles. The molecule has 6 heteroatoms. The molecule has 0 atom stereocenters. The molecule has 1 aromatic carbocycles. The summed E-state index contributed by atoms with van der Waals surface area (Å²) in [7, 11) is -3.64. The summed E-state index contributed by atoms with van der Waals surface area (Å²) < 4.78 is 27.3. The number of rotatable bonds is 4. The molecular weight excluding hydrogens is 252 g/mol. The summed E-state index contributed by atoms with van der Waals surface area (Å²) in [5.41, 5.74) is 6.75. The second-order valence-electron chi connectivity index (χ2n) is 4.97. The zero-order chi connectivity index (χ0) is 13.6. The van der Waals surface area contributed by atoms with E-state index < -0.39 is 15.6 Å². The molecular formula is C12H18N2O3S. The molecule has 18 heavy (non-hydrogen) atoms. The van der Waals surface area contributed by atoms with E-state index in [4.69, 9.17) is 5.73 Å². The summed E-state index contributed by atoms with van der Waals surface area (Å²) in [5.74, 6) is 0. The Hall–Kier alpha value is -1.11. The standard InChI is InChI=1S/C12H18N2O3S/c1-8-3-4-10(13)9(2)11(8)18(16,17)14-12(7-15)5-6-12/h3-4,14-15H,5-7,13H2,1-2H3. The maximum atomic E-state index is 12.4. The Kier molecular flexibility index (Phi) is 3.12. The van der Waals surface area contributed by atoms with Crippen molar-refractivity contribution in [1.82, 2.24) is 4.72 Å². The number of aryl methyl sites for hydroxylation is 1. The average Bonchev–Trinajstić information content (AvgIpc) is 3.03. The lowest BCUT2D eigenvalue weighted by atomic mass is 10.1. The molecule has 1 aliphatic rings. The van der Waals surface area contributed by atoms with Gasteiger partial charge in [-0.2, -0.15) is 0 Å². The average molecular weight is 270 g/mol. The first-order chi connectivity index (χ1) is 8.31. The van der Waals surface area contributed by atoms with Gasteiger partial charge in [0.2, 0.25) is 10.0 Å². The number of aliphatic hydroxyl groups excluding tert-OH is 1. The maximum Gasteiger partial charge on any atom is 0.241 e. The van der Waals surface area contributed by atoms with Crippen molar-refractivity contribution < 1.29 is 13.5 Å². The lowest BCUT2D eigenvalue weighted by Crippen LogP contribution is -2.40. The maximum absolute atomic E-state index is 12.4. The van der Waals surface area contributed by atoms with Crippen molar-refractivity contribution >= 4 is 15.7 Å². The van der Waals surface area contributed by atoms with E-state index in [1.165, 1.54) is 0 Å². The molecule has 0 amide bonds. The molecule has 0 unspecified atom stereocenters. The van der Waals surface area contributed by atoms with Crippen LogP contribution in [0.15, 0.2) is 17.0 Å². The molecule has 0 radical (unpaired) electrons. The van der Waals surface area contributed by atoms with Crippen molar-refractivity contribution in [1.29, 1.82) is 0 Å². The minimum atomic E-state index is -3.64. The van der Waals surface area contributed by atoms with Gasteiger partial charge in [-0.1, -0.05) is 6.07 Å². The van der Waals surface area contributed by atoms with E-state index in [0.29, 0.717) is 29.7 Å². The highest BCUT2D eigenvalue weighted by molar-refractivity contribution is 7.89. The molecule has 1 fully saturated rings. The molecule has 0 heterocycles. The van der Waals surface area contributed by atoms with E-state index in [-0.39, 0.29) is 11.5 Å². The lowest BCUT2D eigenvalue weighted by Gasteiger charge is -2.18. The molecule has 0 spiro atoms. The van der Waals surface area contributed by atoms with E-state index in [2.05, 4.69) is 4.72 Å². The van der Waals surface area contributed by atoms with Crippen LogP contribution in [0.5, 0.6) is 0 Å². The van der Waals surface area contributed by atoms with Crippen molar-refractivity contribution in [3.63, 3.8) is 0 Å². The molecule has 4 N–H and O–H groups in total. The number of anilines is 1. The quantitative estimate of drug-likeness (QED) is 0.702. The third-order valence-corrected chi connectivity index (χ3v) is 5.29. The molecule has 1 aliphatic carbocycles. The van der Waals surface area contributed by atoms with Gasteiger partial charge < -0.3 is 10.8 Å². The highest BCUT2D eigenvalue weighted by atomic mass is 32.2. The fraction of sp³-hybridized carbons (Fsp3) is 0.500. The Morgan fingerprint density at radius 1 is 1.39 bits per heavy atom. The summed E-state index contributed by atoms with van der Waals surface area (Å²) in [6.45, 7) is 3.25. The molecule has 5 nitrogen and oxygen atoms in total. The van der Waals surface area contributed by atoms with Gasteiger partial charge in [-0.15, -0.1) is 0 Å². The normalized spacial score (nSPS) is 17.7.